The number of aromatic nitrogens is 2. The van der Waals surface area contributed by atoms with Gasteiger partial charge in [0.15, 0.2) is 5.96 Å². The second kappa shape index (κ2) is 10.3. The van der Waals surface area contributed by atoms with Crippen molar-refractivity contribution >= 4 is 5.96 Å². The average molecular weight is 417 g/mol. The first kappa shape index (κ1) is 21.1. The van der Waals surface area contributed by atoms with Gasteiger partial charge in [0.1, 0.15) is 0 Å². The molecule has 0 amide bonds. The van der Waals surface area contributed by atoms with Gasteiger partial charge >= 0.3 is 0 Å². The molecule has 0 saturated carbocycles. The molecule has 1 aromatic heterocycles. The number of nitrogens with zero attached hydrogens (tertiary/aromatic N) is 4. The molecule has 2 N–H and O–H groups in total. The third kappa shape index (κ3) is 5.52. The summed E-state index contributed by atoms with van der Waals surface area (Å²) >= 11 is 0. The van der Waals surface area contributed by atoms with Crippen LogP contribution < -0.4 is 10.6 Å². The largest absolute Gasteiger partial charge is 0.354 e. The van der Waals surface area contributed by atoms with Crippen LogP contribution in [0.4, 0.5) is 0 Å². The number of para-hydroxylation sites is 1. The zero-order chi connectivity index (χ0) is 21.5. The van der Waals surface area contributed by atoms with Gasteiger partial charge < -0.3 is 15.2 Å². The number of nitrogens with one attached hydrogen (secondary N) is 2. The molecule has 6 heteroatoms. The summed E-state index contributed by atoms with van der Waals surface area (Å²) in [7, 11) is 1.84. The minimum atomic E-state index is 0.428. The Morgan fingerprint density at radius 3 is 2.68 bits per heavy atom. The standard InChI is InChI=1S/C25H32N6/c1-20-16-23(12-14-30(20)18-21-8-4-3-5-9-21)29-25(26-2)28-17-22-10-6-7-11-24(22)31-15-13-27-19-31/h3-11,13,15,19-20,23H,12,14,16-18H2,1-2H3,(H2,26,28,29). The van der Waals surface area contributed by atoms with E-state index in [4.69, 9.17) is 0 Å². The van der Waals surface area contributed by atoms with E-state index in [0.29, 0.717) is 18.6 Å². The van der Waals surface area contributed by atoms with Crippen molar-refractivity contribution in [3.8, 4) is 5.69 Å². The van der Waals surface area contributed by atoms with E-state index in [1.165, 1.54) is 11.1 Å². The zero-order valence-corrected chi connectivity index (χ0v) is 18.4. The lowest BCUT2D eigenvalue weighted by Crippen LogP contribution is -2.51. The molecule has 2 atom stereocenters. The highest BCUT2D eigenvalue weighted by molar-refractivity contribution is 5.80. The Hall–Kier alpha value is -3.12. The summed E-state index contributed by atoms with van der Waals surface area (Å²) in [6.07, 6.45) is 7.83. The Bertz CT molecular complexity index is 967. The molecule has 6 nitrogen and oxygen atoms in total. The topological polar surface area (TPSA) is 57.5 Å². The molecular formula is C25H32N6. The number of hydrogen-bond donors (Lipinski definition) is 2. The summed E-state index contributed by atoms with van der Waals surface area (Å²) in [4.78, 5) is 11.2. The van der Waals surface area contributed by atoms with Crippen molar-refractivity contribution in [2.45, 2.75) is 44.9 Å². The molecule has 1 fully saturated rings. The van der Waals surface area contributed by atoms with Gasteiger partial charge in [0.05, 0.1) is 12.0 Å². The SMILES string of the molecule is CN=C(NCc1ccccc1-n1ccnc1)NC1CCN(Cc2ccccc2)C(C)C1. The van der Waals surface area contributed by atoms with Crippen LogP contribution in [0.5, 0.6) is 0 Å². The maximum atomic E-state index is 4.46. The predicted octanol–water partition coefficient (Wildman–Crippen LogP) is 3.59. The Balaban J connectivity index is 1.31. The van der Waals surface area contributed by atoms with Gasteiger partial charge in [0.2, 0.25) is 0 Å². The van der Waals surface area contributed by atoms with Crippen LogP contribution in [0.2, 0.25) is 0 Å². The van der Waals surface area contributed by atoms with E-state index >= 15 is 0 Å². The summed E-state index contributed by atoms with van der Waals surface area (Å²) < 4.78 is 2.04. The maximum absolute atomic E-state index is 4.46. The van der Waals surface area contributed by atoms with Gasteiger partial charge in [0.25, 0.3) is 0 Å². The average Bonchev–Trinajstić information content (AvgIpc) is 3.34. The van der Waals surface area contributed by atoms with Gasteiger partial charge in [-0.15, -0.1) is 0 Å². The number of benzene rings is 2. The fraction of sp³-hybridized carbons (Fsp3) is 0.360. The van der Waals surface area contributed by atoms with Crippen molar-refractivity contribution in [3.63, 3.8) is 0 Å². The van der Waals surface area contributed by atoms with Crippen LogP contribution in [0.15, 0.2) is 78.3 Å². The highest BCUT2D eigenvalue weighted by Crippen LogP contribution is 2.20. The van der Waals surface area contributed by atoms with Crippen LogP contribution in [0.3, 0.4) is 0 Å². The minimum absolute atomic E-state index is 0.428. The Labute approximate surface area is 185 Å². The van der Waals surface area contributed by atoms with Crippen LogP contribution in [-0.2, 0) is 13.1 Å². The lowest BCUT2D eigenvalue weighted by molar-refractivity contribution is 0.134. The first-order valence-corrected chi connectivity index (χ1v) is 11.0. The van der Waals surface area contributed by atoms with Crippen molar-refractivity contribution in [2.75, 3.05) is 13.6 Å². The van der Waals surface area contributed by atoms with Crippen molar-refractivity contribution in [3.05, 3.63) is 84.4 Å². The molecule has 2 unspecified atom stereocenters. The van der Waals surface area contributed by atoms with Crippen molar-refractivity contribution in [1.82, 2.24) is 25.1 Å². The summed E-state index contributed by atoms with van der Waals surface area (Å²) in [6, 6.07) is 20.1. The first-order valence-electron chi connectivity index (χ1n) is 11.0. The summed E-state index contributed by atoms with van der Waals surface area (Å²) in [6.45, 7) is 5.14. The van der Waals surface area contributed by atoms with Gasteiger partial charge in [-0.05, 0) is 37.0 Å². The summed E-state index contributed by atoms with van der Waals surface area (Å²) in [5.74, 6) is 0.856. The predicted molar refractivity (Wildman–Crippen MR) is 126 cm³/mol. The van der Waals surface area contributed by atoms with Crippen molar-refractivity contribution in [1.29, 1.82) is 0 Å². The van der Waals surface area contributed by atoms with Gasteiger partial charge in [-0.2, -0.15) is 0 Å². The second-order valence-electron chi connectivity index (χ2n) is 8.20. The number of hydrogen-bond acceptors (Lipinski definition) is 3. The van der Waals surface area contributed by atoms with Crippen LogP contribution in [-0.4, -0.2) is 46.1 Å². The highest BCUT2D eigenvalue weighted by Gasteiger charge is 2.26. The van der Waals surface area contributed by atoms with Crippen LogP contribution in [0.25, 0.3) is 5.69 Å². The number of piperidine rings is 1. The molecule has 0 spiro atoms. The maximum Gasteiger partial charge on any atom is 0.191 e. The number of imidazole rings is 1. The van der Waals surface area contributed by atoms with Gasteiger partial charge in [-0.3, -0.25) is 9.89 Å². The molecule has 1 aliphatic rings. The monoisotopic (exact) mass is 416 g/mol. The van der Waals surface area contributed by atoms with Crippen LogP contribution in [0.1, 0.15) is 30.9 Å². The lowest BCUT2D eigenvalue weighted by Gasteiger charge is -2.38. The third-order valence-electron chi connectivity index (χ3n) is 6.03. The Kier molecular flexibility index (Phi) is 6.99. The molecule has 3 aromatic rings. The van der Waals surface area contributed by atoms with E-state index in [1.807, 2.05) is 24.1 Å². The van der Waals surface area contributed by atoms with E-state index in [9.17, 15) is 0 Å². The molecule has 162 valence electrons. The normalized spacial score (nSPS) is 19.9. The zero-order valence-electron chi connectivity index (χ0n) is 18.4. The molecule has 0 bridgehead atoms. The van der Waals surface area contributed by atoms with Crippen LogP contribution >= 0.6 is 0 Å². The molecular weight excluding hydrogens is 384 g/mol. The van der Waals surface area contributed by atoms with Gasteiger partial charge in [-0.25, -0.2) is 4.98 Å². The van der Waals surface area contributed by atoms with Gasteiger partial charge in [-0.1, -0.05) is 48.5 Å². The molecule has 2 heterocycles. The van der Waals surface area contributed by atoms with Gasteiger partial charge in [0, 0.05) is 51.2 Å². The molecule has 1 saturated heterocycles. The third-order valence-corrected chi connectivity index (χ3v) is 6.03. The number of likely N-dealkylation sites (tertiary alicyclic amines) is 1. The van der Waals surface area contributed by atoms with E-state index in [2.05, 4.69) is 87.0 Å². The summed E-state index contributed by atoms with van der Waals surface area (Å²) in [5.41, 5.74) is 3.72. The van der Waals surface area contributed by atoms with Crippen molar-refractivity contribution < 1.29 is 0 Å². The van der Waals surface area contributed by atoms with Crippen LogP contribution in [0, 0.1) is 0 Å². The molecule has 0 aliphatic carbocycles. The highest BCUT2D eigenvalue weighted by atomic mass is 15.2. The fourth-order valence-corrected chi connectivity index (χ4v) is 4.29. The minimum Gasteiger partial charge on any atom is -0.354 e. The Morgan fingerprint density at radius 1 is 1.13 bits per heavy atom. The fourth-order valence-electron chi connectivity index (χ4n) is 4.29. The number of aliphatic imine (C=N–C) groups is 1. The molecule has 31 heavy (non-hydrogen) atoms. The molecule has 1 aliphatic heterocycles. The van der Waals surface area contributed by atoms with E-state index < -0.39 is 0 Å². The van der Waals surface area contributed by atoms with E-state index in [0.717, 1.165) is 37.6 Å². The number of rotatable bonds is 6. The Morgan fingerprint density at radius 2 is 1.94 bits per heavy atom. The van der Waals surface area contributed by atoms with E-state index in [-0.39, 0.29) is 0 Å². The van der Waals surface area contributed by atoms with E-state index in [1.54, 1.807) is 6.20 Å². The lowest BCUT2D eigenvalue weighted by atomic mass is 9.97. The quantitative estimate of drug-likeness (QED) is 0.476. The summed E-state index contributed by atoms with van der Waals surface area (Å²) in [5, 5.41) is 7.13. The molecule has 4 rings (SSSR count). The van der Waals surface area contributed by atoms with Crippen molar-refractivity contribution in [2.24, 2.45) is 4.99 Å². The number of guanidine groups is 1. The second-order valence-corrected chi connectivity index (χ2v) is 8.20. The smallest absolute Gasteiger partial charge is 0.191 e. The first-order chi connectivity index (χ1) is 15.2. The molecule has 2 aromatic carbocycles. The molecule has 0 radical (unpaired) electrons.